The van der Waals surface area contributed by atoms with Gasteiger partial charge in [-0.05, 0) is 37.6 Å². The van der Waals surface area contributed by atoms with Crippen LogP contribution in [0.3, 0.4) is 0 Å². The van der Waals surface area contributed by atoms with Gasteiger partial charge in [-0.25, -0.2) is 8.42 Å². The highest BCUT2D eigenvalue weighted by atomic mass is 32.2. The Kier molecular flexibility index (Phi) is 6.87. The van der Waals surface area contributed by atoms with Crippen molar-refractivity contribution in [3.63, 3.8) is 0 Å². The summed E-state index contributed by atoms with van der Waals surface area (Å²) in [7, 11) is -3.14. The molecule has 2 rings (SSSR count). The smallest absolute Gasteiger partial charge is 0.238 e. The first kappa shape index (κ1) is 20.5. The lowest BCUT2D eigenvalue weighted by molar-refractivity contribution is -0.118. The number of rotatable bonds is 8. The Morgan fingerprint density at radius 2 is 1.96 bits per heavy atom. The number of amides is 1. The maximum Gasteiger partial charge on any atom is 0.238 e. The minimum absolute atomic E-state index is 0.00732. The summed E-state index contributed by atoms with van der Waals surface area (Å²) in [6.07, 6.45) is -0.665. The van der Waals surface area contributed by atoms with E-state index < -0.39 is 22.5 Å². The van der Waals surface area contributed by atoms with E-state index in [1.807, 2.05) is 0 Å². The van der Waals surface area contributed by atoms with Gasteiger partial charge in [-0.15, -0.1) is 0 Å². The summed E-state index contributed by atoms with van der Waals surface area (Å²) in [4.78, 5) is 25.2. The van der Waals surface area contributed by atoms with Gasteiger partial charge < -0.3 is 15.5 Å². The minimum Gasteiger partial charge on any atom is -0.394 e. The van der Waals surface area contributed by atoms with Crippen LogP contribution < -0.4 is 5.32 Å². The summed E-state index contributed by atoms with van der Waals surface area (Å²) in [5, 5.41) is 21.4. The zero-order valence-electron chi connectivity index (χ0n) is 14.6. The van der Waals surface area contributed by atoms with Crippen LogP contribution in [0.25, 0.3) is 0 Å². The molecule has 0 aromatic heterocycles. The molecule has 0 spiro atoms. The maximum absolute atomic E-state index is 12.3. The number of aliphatic hydroxyl groups excluding tert-OH is 2. The lowest BCUT2D eigenvalue weighted by Gasteiger charge is -2.29. The van der Waals surface area contributed by atoms with E-state index in [4.69, 9.17) is 5.11 Å². The predicted molar refractivity (Wildman–Crippen MR) is 96.8 cm³/mol. The number of benzene rings is 1. The lowest BCUT2D eigenvalue weighted by atomic mass is 10.1. The van der Waals surface area contributed by atoms with Gasteiger partial charge in [-0.1, -0.05) is 0 Å². The summed E-state index contributed by atoms with van der Waals surface area (Å²) in [5.41, 5.74) is 1.05. The third-order valence-corrected chi connectivity index (χ3v) is 6.05. The van der Waals surface area contributed by atoms with Crippen LogP contribution in [0.2, 0.25) is 0 Å². The van der Waals surface area contributed by atoms with E-state index in [9.17, 15) is 23.1 Å². The Hall–Kier alpha value is -1.81. The summed E-state index contributed by atoms with van der Waals surface area (Å²) in [6, 6.07) is 6.07. The molecule has 1 amide bonds. The molecule has 0 radical (unpaired) electrons. The Labute approximate surface area is 152 Å². The number of anilines is 1. The fourth-order valence-corrected chi connectivity index (χ4v) is 4.67. The number of Topliss-reactive ketones (excluding diaryl/α,β-unsaturated/α-hetero) is 1. The number of nitrogens with one attached hydrogen (secondary N) is 1. The molecule has 0 bridgehead atoms. The summed E-state index contributed by atoms with van der Waals surface area (Å²) >= 11 is 0. The number of hydrogen-bond donors (Lipinski definition) is 3. The molecule has 3 N–H and O–H groups in total. The third kappa shape index (κ3) is 5.87. The standard InChI is InChI=1S/C17H24N2O6S/c1-12(21)13-2-4-14(5-3-13)18-17(23)9-19(8-16(22)10-20)15-6-7-26(24,25)11-15/h2-5,15-16,20,22H,6-11H2,1H3,(H,18,23). The third-order valence-electron chi connectivity index (χ3n) is 4.30. The van der Waals surface area contributed by atoms with Crippen molar-refractivity contribution in [2.75, 3.05) is 36.5 Å². The van der Waals surface area contributed by atoms with Crippen molar-refractivity contribution in [3.05, 3.63) is 29.8 Å². The van der Waals surface area contributed by atoms with E-state index in [0.29, 0.717) is 17.7 Å². The fraction of sp³-hybridized carbons (Fsp3) is 0.529. The second-order valence-electron chi connectivity index (χ2n) is 6.50. The summed E-state index contributed by atoms with van der Waals surface area (Å²) < 4.78 is 23.4. The molecule has 9 heteroatoms. The first-order valence-electron chi connectivity index (χ1n) is 8.34. The van der Waals surface area contributed by atoms with Crippen LogP contribution in [-0.2, 0) is 14.6 Å². The van der Waals surface area contributed by atoms with Crippen LogP contribution >= 0.6 is 0 Å². The molecule has 1 heterocycles. The predicted octanol–water partition coefficient (Wildman–Crippen LogP) is -0.330. The highest BCUT2D eigenvalue weighted by molar-refractivity contribution is 7.91. The molecular formula is C17H24N2O6S. The first-order chi connectivity index (χ1) is 12.2. The van der Waals surface area contributed by atoms with Crippen LogP contribution in [-0.4, -0.2) is 78.6 Å². The largest absolute Gasteiger partial charge is 0.394 e. The molecular weight excluding hydrogens is 360 g/mol. The van der Waals surface area contributed by atoms with Crippen molar-refractivity contribution in [3.8, 4) is 0 Å². The molecule has 0 aliphatic carbocycles. The van der Waals surface area contributed by atoms with Gasteiger partial charge in [0.2, 0.25) is 5.91 Å². The Morgan fingerprint density at radius 3 is 2.46 bits per heavy atom. The molecule has 2 unspecified atom stereocenters. The molecule has 144 valence electrons. The van der Waals surface area contributed by atoms with E-state index in [-0.39, 0.29) is 42.3 Å². The number of hydrogen-bond acceptors (Lipinski definition) is 7. The zero-order valence-corrected chi connectivity index (χ0v) is 15.4. The van der Waals surface area contributed by atoms with E-state index in [1.54, 1.807) is 29.2 Å². The summed E-state index contributed by atoms with van der Waals surface area (Å²) in [6.45, 7) is 0.886. The average Bonchev–Trinajstić information content (AvgIpc) is 2.94. The van der Waals surface area contributed by atoms with E-state index in [0.717, 1.165) is 0 Å². The Morgan fingerprint density at radius 1 is 1.31 bits per heavy atom. The highest BCUT2D eigenvalue weighted by Crippen LogP contribution is 2.18. The van der Waals surface area contributed by atoms with Crippen LogP contribution in [0.4, 0.5) is 5.69 Å². The lowest BCUT2D eigenvalue weighted by Crippen LogP contribution is -2.46. The first-order valence-corrected chi connectivity index (χ1v) is 10.2. The number of ketones is 1. The molecule has 2 atom stereocenters. The highest BCUT2D eigenvalue weighted by Gasteiger charge is 2.33. The van der Waals surface area contributed by atoms with Gasteiger partial charge in [0, 0.05) is 23.8 Å². The van der Waals surface area contributed by atoms with Crippen molar-refractivity contribution in [1.29, 1.82) is 0 Å². The SMILES string of the molecule is CC(=O)c1ccc(NC(=O)CN(CC(O)CO)C2CCS(=O)(=O)C2)cc1. The monoisotopic (exact) mass is 384 g/mol. The quantitative estimate of drug-likeness (QED) is 0.524. The van der Waals surface area contributed by atoms with E-state index in [1.165, 1.54) is 6.92 Å². The van der Waals surface area contributed by atoms with Crippen molar-refractivity contribution in [2.45, 2.75) is 25.5 Å². The fourth-order valence-electron chi connectivity index (χ4n) is 2.91. The van der Waals surface area contributed by atoms with Crippen molar-refractivity contribution >= 4 is 27.2 Å². The second kappa shape index (κ2) is 8.72. The van der Waals surface area contributed by atoms with Gasteiger partial charge >= 0.3 is 0 Å². The van der Waals surface area contributed by atoms with Crippen LogP contribution in [0.1, 0.15) is 23.7 Å². The Bertz CT molecular complexity index is 747. The molecule has 8 nitrogen and oxygen atoms in total. The molecule has 26 heavy (non-hydrogen) atoms. The van der Waals surface area contributed by atoms with Gasteiger partial charge in [0.15, 0.2) is 15.6 Å². The van der Waals surface area contributed by atoms with Gasteiger partial charge in [0.1, 0.15) is 0 Å². The molecule has 1 aliphatic rings. The van der Waals surface area contributed by atoms with Gasteiger partial charge in [0.05, 0.1) is 30.8 Å². The normalized spacial score (nSPS) is 20.1. The van der Waals surface area contributed by atoms with Crippen LogP contribution in [0.15, 0.2) is 24.3 Å². The zero-order chi connectivity index (χ0) is 19.3. The Balaban J connectivity index is 2.02. The number of nitrogens with zero attached hydrogens (tertiary/aromatic N) is 1. The number of carbonyl (C=O) groups excluding carboxylic acids is 2. The molecule has 1 saturated heterocycles. The summed E-state index contributed by atoms with van der Waals surface area (Å²) in [5.74, 6) is -0.451. The minimum atomic E-state index is -3.14. The molecule has 1 aliphatic heterocycles. The second-order valence-corrected chi connectivity index (χ2v) is 8.73. The van der Waals surface area contributed by atoms with Gasteiger partial charge in [-0.2, -0.15) is 0 Å². The van der Waals surface area contributed by atoms with E-state index >= 15 is 0 Å². The van der Waals surface area contributed by atoms with Crippen molar-refractivity contribution < 1.29 is 28.2 Å². The molecule has 1 aromatic carbocycles. The average molecular weight is 384 g/mol. The maximum atomic E-state index is 12.3. The van der Waals surface area contributed by atoms with Crippen molar-refractivity contribution in [2.24, 2.45) is 0 Å². The van der Waals surface area contributed by atoms with Crippen LogP contribution in [0.5, 0.6) is 0 Å². The van der Waals surface area contributed by atoms with E-state index in [2.05, 4.69) is 5.32 Å². The van der Waals surface area contributed by atoms with Crippen molar-refractivity contribution in [1.82, 2.24) is 4.90 Å². The number of carbonyl (C=O) groups is 2. The molecule has 1 fully saturated rings. The van der Waals surface area contributed by atoms with Gasteiger partial charge in [0.25, 0.3) is 0 Å². The topological polar surface area (TPSA) is 124 Å². The molecule has 0 saturated carbocycles. The molecule has 1 aromatic rings. The number of aliphatic hydroxyl groups is 2. The van der Waals surface area contributed by atoms with Gasteiger partial charge in [-0.3, -0.25) is 14.5 Å². The van der Waals surface area contributed by atoms with Crippen LogP contribution in [0, 0.1) is 0 Å². The number of sulfone groups is 1.